The Balaban J connectivity index is 2.08. The first kappa shape index (κ1) is 14.0. The molecule has 20 heavy (non-hydrogen) atoms. The average Bonchev–Trinajstić information content (AvgIpc) is 2.41. The third-order valence-electron chi connectivity index (χ3n) is 2.97. The molecule has 0 aromatic heterocycles. The van der Waals surface area contributed by atoms with Crippen molar-refractivity contribution in [1.29, 1.82) is 0 Å². The lowest BCUT2D eigenvalue weighted by molar-refractivity contribution is 0.104. The lowest BCUT2D eigenvalue weighted by atomic mass is 10.0. The summed E-state index contributed by atoms with van der Waals surface area (Å²) in [5, 5.41) is 2.88. The van der Waals surface area contributed by atoms with Gasteiger partial charge in [-0.15, -0.1) is 0 Å². The number of hydrogen-bond acceptors (Lipinski definition) is 2. The van der Waals surface area contributed by atoms with Crippen molar-refractivity contribution in [2.45, 2.75) is 13.8 Å². The smallest absolute Gasteiger partial charge is 0.187 e. The Labute approximate surface area is 118 Å². The highest BCUT2D eigenvalue weighted by molar-refractivity contribution is 6.05. The predicted octanol–water partition coefficient (Wildman–Crippen LogP) is 4.25. The van der Waals surface area contributed by atoms with Gasteiger partial charge in [-0.1, -0.05) is 23.8 Å². The number of carbonyl (C=O) groups excluding carboxylic acids is 1. The minimum atomic E-state index is -0.316. The van der Waals surface area contributed by atoms with Crippen LogP contribution in [0.25, 0.3) is 0 Å². The van der Waals surface area contributed by atoms with Crippen molar-refractivity contribution < 1.29 is 9.18 Å². The van der Waals surface area contributed by atoms with Gasteiger partial charge in [0, 0.05) is 23.5 Å². The number of benzene rings is 2. The van der Waals surface area contributed by atoms with E-state index in [4.69, 9.17) is 0 Å². The van der Waals surface area contributed by atoms with Gasteiger partial charge in [0.05, 0.1) is 0 Å². The van der Waals surface area contributed by atoms with Gasteiger partial charge in [0.15, 0.2) is 5.78 Å². The molecule has 102 valence electrons. The van der Waals surface area contributed by atoms with Crippen molar-refractivity contribution in [3.05, 3.63) is 77.2 Å². The molecule has 0 radical (unpaired) electrons. The highest BCUT2D eigenvalue weighted by Crippen LogP contribution is 2.13. The molecule has 0 bridgehead atoms. The van der Waals surface area contributed by atoms with Crippen LogP contribution in [-0.2, 0) is 0 Å². The number of halogens is 1. The summed E-state index contributed by atoms with van der Waals surface area (Å²) in [4.78, 5) is 12.1. The first-order valence-corrected chi connectivity index (χ1v) is 6.36. The van der Waals surface area contributed by atoms with Crippen LogP contribution in [0, 0.1) is 19.7 Å². The fourth-order valence-electron chi connectivity index (χ4n) is 1.88. The van der Waals surface area contributed by atoms with E-state index in [2.05, 4.69) is 5.32 Å². The molecule has 0 fully saturated rings. The molecule has 2 rings (SSSR count). The standard InChI is InChI=1S/C17H16FNO/c1-12-6-7-13(2)16(10-12)17(20)8-9-19-15-5-3-4-14(18)11-15/h3-11,19H,1-2H3. The van der Waals surface area contributed by atoms with Crippen molar-refractivity contribution in [2.24, 2.45) is 0 Å². The van der Waals surface area contributed by atoms with Crippen LogP contribution in [0.1, 0.15) is 21.5 Å². The molecule has 0 heterocycles. The van der Waals surface area contributed by atoms with Gasteiger partial charge in [-0.3, -0.25) is 4.79 Å². The number of carbonyl (C=O) groups is 1. The minimum Gasteiger partial charge on any atom is -0.361 e. The second-order valence-corrected chi connectivity index (χ2v) is 4.67. The largest absolute Gasteiger partial charge is 0.361 e. The van der Waals surface area contributed by atoms with Gasteiger partial charge < -0.3 is 5.32 Å². The van der Waals surface area contributed by atoms with E-state index in [9.17, 15) is 9.18 Å². The zero-order chi connectivity index (χ0) is 14.5. The molecular weight excluding hydrogens is 253 g/mol. The van der Waals surface area contributed by atoms with E-state index >= 15 is 0 Å². The summed E-state index contributed by atoms with van der Waals surface area (Å²) in [6, 6.07) is 11.8. The molecule has 1 N–H and O–H groups in total. The Bertz CT molecular complexity index is 662. The van der Waals surface area contributed by atoms with Crippen molar-refractivity contribution in [3.8, 4) is 0 Å². The Hall–Kier alpha value is -2.42. The summed E-state index contributed by atoms with van der Waals surface area (Å²) in [7, 11) is 0. The van der Waals surface area contributed by atoms with Crippen LogP contribution >= 0.6 is 0 Å². The van der Waals surface area contributed by atoms with E-state index in [0.717, 1.165) is 11.1 Å². The second kappa shape index (κ2) is 6.15. The van der Waals surface area contributed by atoms with Crippen LogP contribution in [0.3, 0.4) is 0 Å². The van der Waals surface area contributed by atoms with E-state index in [1.165, 1.54) is 24.4 Å². The molecule has 0 saturated heterocycles. The number of aryl methyl sites for hydroxylation is 2. The zero-order valence-corrected chi connectivity index (χ0v) is 11.5. The van der Waals surface area contributed by atoms with Gasteiger partial charge in [-0.05, 0) is 43.7 Å². The monoisotopic (exact) mass is 269 g/mol. The highest BCUT2D eigenvalue weighted by Gasteiger charge is 2.05. The maximum atomic E-state index is 13.0. The van der Waals surface area contributed by atoms with Gasteiger partial charge >= 0.3 is 0 Å². The van der Waals surface area contributed by atoms with Crippen molar-refractivity contribution in [2.75, 3.05) is 5.32 Å². The molecule has 2 nitrogen and oxygen atoms in total. The van der Waals surface area contributed by atoms with Crippen LogP contribution in [0.15, 0.2) is 54.7 Å². The molecular formula is C17H16FNO. The molecule has 0 atom stereocenters. The Morgan fingerprint density at radius 2 is 1.95 bits per heavy atom. The SMILES string of the molecule is Cc1ccc(C)c(C(=O)C=CNc2cccc(F)c2)c1. The maximum Gasteiger partial charge on any atom is 0.187 e. The van der Waals surface area contributed by atoms with Crippen molar-refractivity contribution in [1.82, 2.24) is 0 Å². The molecule has 0 aliphatic carbocycles. The fourth-order valence-corrected chi connectivity index (χ4v) is 1.88. The molecule has 0 amide bonds. The van der Waals surface area contributed by atoms with Crippen molar-refractivity contribution >= 4 is 11.5 Å². The van der Waals surface area contributed by atoms with Crippen LogP contribution < -0.4 is 5.32 Å². The van der Waals surface area contributed by atoms with Crippen LogP contribution in [0.2, 0.25) is 0 Å². The molecule has 0 aliphatic rings. The molecule has 3 heteroatoms. The first-order chi connectivity index (χ1) is 9.56. The van der Waals surface area contributed by atoms with Crippen LogP contribution in [0.4, 0.5) is 10.1 Å². The molecule has 0 spiro atoms. The number of anilines is 1. The number of hydrogen-bond donors (Lipinski definition) is 1. The molecule has 0 unspecified atom stereocenters. The quantitative estimate of drug-likeness (QED) is 0.664. The van der Waals surface area contributed by atoms with E-state index in [0.29, 0.717) is 11.3 Å². The van der Waals surface area contributed by atoms with Gasteiger partial charge in [0.2, 0.25) is 0 Å². The van der Waals surface area contributed by atoms with Gasteiger partial charge in [-0.25, -0.2) is 4.39 Å². The zero-order valence-electron chi connectivity index (χ0n) is 11.5. The maximum absolute atomic E-state index is 13.0. The molecule has 2 aromatic carbocycles. The summed E-state index contributed by atoms with van der Waals surface area (Å²) in [5.74, 6) is -0.389. The lowest BCUT2D eigenvalue weighted by Crippen LogP contribution is -2.00. The average molecular weight is 269 g/mol. The minimum absolute atomic E-state index is 0.0740. The van der Waals surface area contributed by atoms with Crippen LogP contribution in [0.5, 0.6) is 0 Å². The predicted molar refractivity (Wildman–Crippen MR) is 79.4 cm³/mol. The molecule has 0 aliphatic heterocycles. The first-order valence-electron chi connectivity index (χ1n) is 6.36. The summed E-state index contributed by atoms with van der Waals surface area (Å²) >= 11 is 0. The number of allylic oxidation sites excluding steroid dienone is 1. The summed E-state index contributed by atoms with van der Waals surface area (Å²) in [6.07, 6.45) is 2.98. The molecule has 0 saturated carbocycles. The van der Waals surface area contributed by atoms with Gasteiger partial charge in [-0.2, -0.15) is 0 Å². The topological polar surface area (TPSA) is 29.1 Å². The number of rotatable bonds is 4. The van der Waals surface area contributed by atoms with Crippen molar-refractivity contribution in [3.63, 3.8) is 0 Å². The number of ketones is 1. The second-order valence-electron chi connectivity index (χ2n) is 4.67. The third kappa shape index (κ3) is 3.54. The Morgan fingerprint density at radius 3 is 2.70 bits per heavy atom. The van der Waals surface area contributed by atoms with Gasteiger partial charge in [0.1, 0.15) is 5.82 Å². The summed E-state index contributed by atoms with van der Waals surface area (Å²) in [6.45, 7) is 3.85. The van der Waals surface area contributed by atoms with Crippen LogP contribution in [-0.4, -0.2) is 5.78 Å². The molecule has 2 aromatic rings. The Morgan fingerprint density at radius 1 is 1.15 bits per heavy atom. The fraction of sp³-hybridized carbons (Fsp3) is 0.118. The highest BCUT2D eigenvalue weighted by atomic mass is 19.1. The number of nitrogens with one attached hydrogen (secondary N) is 1. The Kier molecular flexibility index (Phi) is 4.31. The van der Waals surface area contributed by atoms with E-state index in [-0.39, 0.29) is 11.6 Å². The lowest BCUT2D eigenvalue weighted by Gasteiger charge is -2.03. The summed E-state index contributed by atoms with van der Waals surface area (Å²) < 4.78 is 13.0. The third-order valence-corrected chi connectivity index (χ3v) is 2.97. The summed E-state index contributed by atoms with van der Waals surface area (Å²) in [5.41, 5.74) is 3.28. The van der Waals surface area contributed by atoms with E-state index in [1.807, 2.05) is 32.0 Å². The normalized spacial score (nSPS) is 10.8. The van der Waals surface area contributed by atoms with Gasteiger partial charge in [0.25, 0.3) is 0 Å². The van der Waals surface area contributed by atoms with E-state index < -0.39 is 0 Å². The van der Waals surface area contributed by atoms with E-state index in [1.54, 1.807) is 12.1 Å².